The van der Waals surface area contributed by atoms with Crippen LogP contribution in [0.4, 0.5) is 5.82 Å². The highest BCUT2D eigenvalue weighted by Crippen LogP contribution is 2.27. The Morgan fingerprint density at radius 2 is 2.11 bits per heavy atom. The molecule has 0 radical (unpaired) electrons. The van der Waals surface area contributed by atoms with Gasteiger partial charge < -0.3 is 20.7 Å². The summed E-state index contributed by atoms with van der Waals surface area (Å²) in [7, 11) is 0. The Labute approximate surface area is 115 Å². The summed E-state index contributed by atoms with van der Waals surface area (Å²) in [5, 5.41) is 13.8. The number of aliphatic hydroxyl groups is 1. The molecule has 1 aliphatic rings. The third-order valence-corrected chi connectivity index (χ3v) is 4.10. The lowest BCUT2D eigenvalue weighted by Gasteiger charge is -2.34. The van der Waals surface area contributed by atoms with Gasteiger partial charge in [-0.3, -0.25) is 0 Å². The number of aromatic nitrogens is 2. The third-order valence-electron chi connectivity index (χ3n) is 4.10. The fourth-order valence-electron chi connectivity index (χ4n) is 2.75. The maximum absolute atomic E-state index is 10.4. The van der Waals surface area contributed by atoms with Gasteiger partial charge in [-0.1, -0.05) is 19.3 Å². The number of nitrogens with two attached hydrogens (primary N) is 1. The quantitative estimate of drug-likeness (QED) is 0.754. The summed E-state index contributed by atoms with van der Waals surface area (Å²) in [6.45, 7) is 5.71. The van der Waals surface area contributed by atoms with Gasteiger partial charge in [0.1, 0.15) is 5.82 Å². The Hall–Kier alpha value is -1.07. The normalized spacial score (nSPS) is 19.5. The molecule has 0 atom stereocenters. The van der Waals surface area contributed by atoms with Crippen LogP contribution in [0, 0.1) is 0 Å². The molecular weight excluding hydrogens is 240 g/mol. The number of rotatable bonds is 5. The lowest BCUT2D eigenvalue weighted by molar-refractivity contribution is 0.00351. The van der Waals surface area contributed by atoms with Crippen LogP contribution in [0.3, 0.4) is 0 Å². The van der Waals surface area contributed by atoms with Crippen LogP contribution in [0.25, 0.3) is 0 Å². The third kappa shape index (κ3) is 3.70. The fraction of sp³-hybridized carbons (Fsp3) is 0.786. The molecule has 1 aromatic rings. The molecule has 5 heteroatoms. The number of imidazole rings is 1. The molecule has 1 heterocycles. The minimum Gasteiger partial charge on any atom is -0.389 e. The zero-order valence-corrected chi connectivity index (χ0v) is 12.0. The molecule has 0 unspecified atom stereocenters. The molecule has 1 fully saturated rings. The molecule has 2 rings (SSSR count). The average Bonchev–Trinajstić information content (AvgIpc) is 2.77. The number of hydrogen-bond acceptors (Lipinski definition) is 4. The van der Waals surface area contributed by atoms with Gasteiger partial charge >= 0.3 is 0 Å². The van der Waals surface area contributed by atoms with E-state index in [0.29, 0.717) is 12.4 Å². The first-order valence-corrected chi connectivity index (χ1v) is 7.14. The molecule has 4 N–H and O–H groups in total. The highest BCUT2D eigenvalue weighted by molar-refractivity contribution is 5.23. The maximum Gasteiger partial charge on any atom is 0.141 e. The highest BCUT2D eigenvalue weighted by atomic mass is 16.3. The molecule has 5 nitrogen and oxygen atoms in total. The van der Waals surface area contributed by atoms with Crippen molar-refractivity contribution in [2.75, 3.05) is 18.8 Å². The van der Waals surface area contributed by atoms with Crippen LogP contribution in [0.2, 0.25) is 0 Å². The summed E-state index contributed by atoms with van der Waals surface area (Å²) >= 11 is 0. The molecule has 0 amide bonds. The molecule has 1 aliphatic carbocycles. The first-order chi connectivity index (χ1) is 8.91. The molecule has 0 bridgehead atoms. The minimum atomic E-state index is -0.512. The maximum atomic E-state index is 10.4. The summed E-state index contributed by atoms with van der Waals surface area (Å²) in [6, 6.07) is 0. The van der Waals surface area contributed by atoms with Gasteiger partial charge in [0.05, 0.1) is 17.5 Å². The Morgan fingerprint density at radius 1 is 1.42 bits per heavy atom. The summed E-state index contributed by atoms with van der Waals surface area (Å²) in [5.41, 5.74) is 5.04. The first-order valence-electron chi connectivity index (χ1n) is 7.14. The number of nitrogen functional groups attached to an aromatic ring is 1. The predicted molar refractivity (Wildman–Crippen MR) is 76.9 cm³/mol. The van der Waals surface area contributed by atoms with Crippen molar-refractivity contribution in [3.05, 3.63) is 12.5 Å². The Balaban J connectivity index is 1.84. The second-order valence-corrected chi connectivity index (χ2v) is 6.41. The average molecular weight is 266 g/mol. The zero-order chi connectivity index (χ0) is 13.9. The molecule has 0 aromatic carbocycles. The van der Waals surface area contributed by atoms with Crippen molar-refractivity contribution in [3.8, 4) is 0 Å². The van der Waals surface area contributed by atoms with E-state index < -0.39 is 5.60 Å². The van der Waals surface area contributed by atoms with Crippen molar-refractivity contribution in [1.82, 2.24) is 14.9 Å². The van der Waals surface area contributed by atoms with Crippen LogP contribution in [0.5, 0.6) is 0 Å². The number of anilines is 1. The first kappa shape index (κ1) is 14.3. The van der Waals surface area contributed by atoms with E-state index in [1.54, 1.807) is 6.33 Å². The summed E-state index contributed by atoms with van der Waals surface area (Å²) < 4.78 is 2.01. The topological polar surface area (TPSA) is 76.1 Å². The number of nitrogens with one attached hydrogen (secondary N) is 1. The SMILES string of the molecule is CC(C)(CNCC1(O)CCCCC1)n1cnc(N)c1. The summed E-state index contributed by atoms with van der Waals surface area (Å²) in [4.78, 5) is 4.06. The zero-order valence-electron chi connectivity index (χ0n) is 12.0. The van der Waals surface area contributed by atoms with E-state index >= 15 is 0 Å². The van der Waals surface area contributed by atoms with E-state index in [1.165, 1.54) is 6.42 Å². The molecular formula is C14H26N4O. The molecule has 0 saturated heterocycles. The Bertz CT molecular complexity index is 407. The minimum absolute atomic E-state index is 0.102. The van der Waals surface area contributed by atoms with E-state index in [4.69, 9.17) is 5.73 Å². The lowest BCUT2D eigenvalue weighted by atomic mass is 9.85. The molecule has 0 aliphatic heterocycles. The van der Waals surface area contributed by atoms with Gasteiger partial charge in [-0.2, -0.15) is 0 Å². The van der Waals surface area contributed by atoms with Crippen molar-refractivity contribution in [2.24, 2.45) is 0 Å². The lowest BCUT2D eigenvalue weighted by Crippen LogP contribution is -2.46. The van der Waals surface area contributed by atoms with E-state index in [9.17, 15) is 5.11 Å². The molecule has 1 saturated carbocycles. The van der Waals surface area contributed by atoms with Gasteiger partial charge in [-0.05, 0) is 26.7 Å². The van der Waals surface area contributed by atoms with Gasteiger partial charge in [-0.25, -0.2) is 4.98 Å². The summed E-state index contributed by atoms with van der Waals surface area (Å²) in [6.07, 6.45) is 8.96. The van der Waals surface area contributed by atoms with Crippen molar-refractivity contribution in [2.45, 2.75) is 57.1 Å². The van der Waals surface area contributed by atoms with Crippen LogP contribution >= 0.6 is 0 Å². The van der Waals surface area contributed by atoms with Gasteiger partial charge in [0.15, 0.2) is 0 Å². The second-order valence-electron chi connectivity index (χ2n) is 6.41. The molecule has 108 valence electrons. The van der Waals surface area contributed by atoms with E-state index in [-0.39, 0.29) is 5.54 Å². The Kier molecular flexibility index (Phi) is 4.16. The van der Waals surface area contributed by atoms with Crippen molar-refractivity contribution >= 4 is 5.82 Å². The standard InChI is InChI=1S/C14H26N4O/c1-13(2,18-8-12(15)17-11-18)9-16-10-14(19)6-4-3-5-7-14/h8,11,16,19H,3-7,9-10,15H2,1-2H3. The van der Waals surface area contributed by atoms with Gasteiger partial charge in [0, 0.05) is 19.3 Å². The van der Waals surface area contributed by atoms with Crippen LogP contribution in [0.1, 0.15) is 46.0 Å². The van der Waals surface area contributed by atoms with Gasteiger partial charge in [-0.15, -0.1) is 0 Å². The van der Waals surface area contributed by atoms with Gasteiger partial charge in [0.2, 0.25) is 0 Å². The largest absolute Gasteiger partial charge is 0.389 e. The number of nitrogens with zero attached hydrogens (tertiary/aromatic N) is 2. The number of hydrogen-bond donors (Lipinski definition) is 3. The van der Waals surface area contributed by atoms with Crippen LogP contribution in [-0.2, 0) is 5.54 Å². The van der Waals surface area contributed by atoms with Crippen LogP contribution in [-0.4, -0.2) is 33.3 Å². The predicted octanol–water partition coefficient (Wildman–Crippen LogP) is 1.49. The molecule has 0 spiro atoms. The van der Waals surface area contributed by atoms with E-state index in [1.807, 2.05) is 10.8 Å². The van der Waals surface area contributed by atoms with Crippen LogP contribution < -0.4 is 11.1 Å². The van der Waals surface area contributed by atoms with Crippen LogP contribution in [0.15, 0.2) is 12.5 Å². The monoisotopic (exact) mass is 266 g/mol. The fourth-order valence-corrected chi connectivity index (χ4v) is 2.75. The summed E-state index contributed by atoms with van der Waals surface area (Å²) in [5.74, 6) is 0.541. The second kappa shape index (κ2) is 5.51. The Morgan fingerprint density at radius 3 is 2.68 bits per heavy atom. The molecule has 1 aromatic heterocycles. The van der Waals surface area contributed by atoms with Gasteiger partial charge in [0.25, 0.3) is 0 Å². The molecule has 19 heavy (non-hydrogen) atoms. The van der Waals surface area contributed by atoms with E-state index in [0.717, 1.165) is 32.2 Å². The smallest absolute Gasteiger partial charge is 0.141 e. The highest BCUT2D eigenvalue weighted by Gasteiger charge is 2.29. The van der Waals surface area contributed by atoms with Crippen molar-refractivity contribution in [1.29, 1.82) is 0 Å². The van der Waals surface area contributed by atoms with Crippen molar-refractivity contribution < 1.29 is 5.11 Å². The van der Waals surface area contributed by atoms with E-state index in [2.05, 4.69) is 24.1 Å². The van der Waals surface area contributed by atoms with Crippen molar-refractivity contribution in [3.63, 3.8) is 0 Å².